The predicted molar refractivity (Wildman–Crippen MR) is 33.7 cm³/mol. The van der Waals surface area contributed by atoms with Crippen molar-refractivity contribution in [2.75, 3.05) is 0 Å². The fraction of sp³-hybridized carbons (Fsp3) is 0. The number of hydrogen-bond donors (Lipinski definition) is 0. The summed E-state index contributed by atoms with van der Waals surface area (Å²) in [6, 6.07) is 0. The Morgan fingerprint density at radius 1 is 1.71 bits per heavy atom. The Bertz CT molecular complexity index is 146. The van der Waals surface area contributed by atoms with Gasteiger partial charge in [0.25, 0.3) is 0 Å². The Kier molecular flexibility index (Phi) is 1.36. The van der Waals surface area contributed by atoms with Crippen LogP contribution in [0.15, 0.2) is 15.7 Å². The van der Waals surface area contributed by atoms with E-state index < -0.39 is 0 Å². The second kappa shape index (κ2) is 2.02. The molecule has 35 valence electrons. The maximum atomic E-state index is 3.73. The number of allylic oxidation sites excluding steroid dienone is 1. The van der Waals surface area contributed by atoms with Crippen LogP contribution in [0, 0.1) is 0 Å². The molecule has 0 N–H and O–H groups in total. The van der Waals surface area contributed by atoms with Crippen molar-refractivity contribution < 1.29 is 0 Å². The SMILES string of the molecule is BrC1=CN=C[N+]=C1. The molecule has 1 aliphatic heterocycles. The molecule has 0 fully saturated rings. The minimum absolute atomic E-state index is 0.912. The van der Waals surface area contributed by atoms with E-state index in [1.54, 1.807) is 12.4 Å². The molecule has 0 amide bonds. The summed E-state index contributed by atoms with van der Waals surface area (Å²) in [4.78, 5) is 7.45. The fourth-order valence-corrected chi connectivity index (χ4v) is 0.517. The van der Waals surface area contributed by atoms with Gasteiger partial charge >= 0.3 is 6.34 Å². The highest BCUT2D eigenvalue weighted by molar-refractivity contribution is 9.12. The zero-order valence-corrected chi connectivity index (χ0v) is 5.09. The van der Waals surface area contributed by atoms with Crippen LogP contribution in [0.2, 0.25) is 0 Å². The first-order valence-electron chi connectivity index (χ1n) is 1.80. The maximum absolute atomic E-state index is 3.73. The molecule has 3 heteroatoms. The molecule has 0 saturated carbocycles. The molecule has 0 unspecified atom stereocenters. The van der Waals surface area contributed by atoms with Gasteiger partial charge in [-0.1, -0.05) is 9.98 Å². The van der Waals surface area contributed by atoms with Gasteiger partial charge in [0.1, 0.15) is 4.48 Å². The lowest BCUT2D eigenvalue weighted by Crippen LogP contribution is -1.92. The number of hydrogen-bond acceptors (Lipinski definition) is 2. The topological polar surface area (TPSA) is 26.5 Å². The van der Waals surface area contributed by atoms with E-state index in [1.807, 2.05) is 0 Å². The highest BCUT2D eigenvalue weighted by Crippen LogP contribution is 1.99. The monoisotopic (exact) mass is 158 g/mol. The molecule has 1 radical (unpaired) electrons. The Hall–Kier alpha value is -0.440. The van der Waals surface area contributed by atoms with Gasteiger partial charge in [-0.25, -0.2) is 0 Å². The normalized spacial score (nSPS) is 17.0. The van der Waals surface area contributed by atoms with E-state index in [9.17, 15) is 0 Å². The summed E-state index contributed by atoms with van der Waals surface area (Å²) < 4.78 is 0.912. The van der Waals surface area contributed by atoms with Crippen LogP contribution in [0.4, 0.5) is 0 Å². The molecule has 2 nitrogen and oxygen atoms in total. The summed E-state index contributed by atoms with van der Waals surface area (Å²) >= 11 is 3.19. The van der Waals surface area contributed by atoms with Crippen molar-refractivity contribution in [3.8, 4) is 0 Å². The minimum atomic E-state index is 0.912. The molecule has 0 atom stereocenters. The number of nitrogens with zero attached hydrogens (tertiary/aromatic N) is 2. The van der Waals surface area contributed by atoms with Crippen LogP contribution in [0.25, 0.3) is 0 Å². The van der Waals surface area contributed by atoms with Crippen molar-refractivity contribution in [2.24, 2.45) is 4.99 Å². The molecule has 0 aliphatic carbocycles. The van der Waals surface area contributed by atoms with Crippen molar-refractivity contribution in [1.29, 1.82) is 0 Å². The smallest absolute Gasteiger partial charge is 0.0521 e. The summed E-state index contributed by atoms with van der Waals surface area (Å²) in [5.74, 6) is 0. The summed E-state index contributed by atoms with van der Waals surface area (Å²) in [6.45, 7) is 0. The second-order valence-corrected chi connectivity index (χ2v) is 1.97. The van der Waals surface area contributed by atoms with Gasteiger partial charge < -0.3 is 0 Å². The highest BCUT2D eigenvalue weighted by Gasteiger charge is 1.94. The molecule has 0 bridgehead atoms. The number of rotatable bonds is 0. The molecule has 0 aromatic rings. The quantitative estimate of drug-likeness (QED) is 0.496. The van der Waals surface area contributed by atoms with Gasteiger partial charge in [-0.3, -0.25) is 0 Å². The lowest BCUT2D eigenvalue weighted by molar-refractivity contribution is 1.45. The van der Waals surface area contributed by atoms with E-state index in [0.29, 0.717) is 0 Å². The van der Waals surface area contributed by atoms with E-state index in [2.05, 4.69) is 25.9 Å². The molecule has 0 saturated heterocycles. The molecule has 1 rings (SSSR count). The van der Waals surface area contributed by atoms with Crippen molar-refractivity contribution in [2.45, 2.75) is 0 Å². The predicted octanol–water partition coefficient (Wildman–Crippen LogP) is 0.671. The second-order valence-electron chi connectivity index (χ2n) is 1.06. The van der Waals surface area contributed by atoms with Crippen LogP contribution in [0.1, 0.15) is 0 Å². The number of halogens is 1. The van der Waals surface area contributed by atoms with Crippen LogP contribution in [-0.4, -0.2) is 12.6 Å². The third kappa shape index (κ3) is 1.23. The summed E-state index contributed by atoms with van der Waals surface area (Å²) in [7, 11) is 0. The molecule has 7 heavy (non-hydrogen) atoms. The van der Waals surface area contributed by atoms with Gasteiger partial charge in [-0.2, -0.15) is 0 Å². The maximum Gasteiger partial charge on any atom is 0.326 e. The standard InChI is InChI=1S/C4H3BrN2/c5-4-1-6-3-7-2-4/h1-3H/q+1. The fourth-order valence-electron chi connectivity index (χ4n) is 0.281. The average molecular weight is 159 g/mol. The van der Waals surface area contributed by atoms with E-state index in [0.717, 1.165) is 4.48 Å². The first kappa shape index (κ1) is 4.71. The van der Waals surface area contributed by atoms with Crippen LogP contribution >= 0.6 is 15.9 Å². The average Bonchev–Trinajstić information content (AvgIpc) is 1.69. The highest BCUT2D eigenvalue weighted by atomic mass is 79.9. The van der Waals surface area contributed by atoms with Gasteiger partial charge in [0.05, 0.1) is 0 Å². The van der Waals surface area contributed by atoms with Gasteiger partial charge in [-0.05, 0) is 15.9 Å². The summed E-state index contributed by atoms with van der Waals surface area (Å²) in [6.07, 6.45) is 4.87. The molecule has 0 aromatic heterocycles. The van der Waals surface area contributed by atoms with E-state index in [-0.39, 0.29) is 0 Å². The molecule has 0 aromatic carbocycles. The summed E-state index contributed by atoms with van der Waals surface area (Å²) in [5, 5.41) is 0. The Morgan fingerprint density at radius 2 is 2.57 bits per heavy atom. The van der Waals surface area contributed by atoms with Crippen molar-refractivity contribution in [1.82, 2.24) is 4.99 Å². The van der Waals surface area contributed by atoms with Gasteiger partial charge in [0.2, 0.25) is 0 Å². The van der Waals surface area contributed by atoms with Crippen molar-refractivity contribution in [3.63, 3.8) is 0 Å². The molecular formula is C4H3BrN2+. The lowest BCUT2D eigenvalue weighted by Gasteiger charge is -1.74. The minimum Gasteiger partial charge on any atom is -0.0521 e. The van der Waals surface area contributed by atoms with E-state index in [4.69, 9.17) is 0 Å². The molecule has 1 heterocycles. The van der Waals surface area contributed by atoms with Crippen LogP contribution in [-0.2, 0) is 0 Å². The Labute approximate surface area is 49.8 Å². The number of aliphatic imine (C=N–C) groups is 2. The molecular weight excluding hydrogens is 156 g/mol. The third-order valence-electron chi connectivity index (χ3n) is 0.529. The Morgan fingerprint density at radius 3 is 2.86 bits per heavy atom. The molecule has 0 spiro atoms. The van der Waals surface area contributed by atoms with Gasteiger partial charge in [-0.15, -0.1) is 0 Å². The van der Waals surface area contributed by atoms with Crippen LogP contribution in [0.3, 0.4) is 0 Å². The largest absolute Gasteiger partial charge is 0.326 e. The molecule has 1 aliphatic rings. The third-order valence-corrected chi connectivity index (χ3v) is 0.939. The van der Waals surface area contributed by atoms with Crippen LogP contribution < -0.4 is 4.99 Å². The van der Waals surface area contributed by atoms with E-state index >= 15 is 0 Å². The lowest BCUT2D eigenvalue weighted by atomic mass is 10.6. The zero-order valence-electron chi connectivity index (χ0n) is 3.50. The van der Waals surface area contributed by atoms with Crippen molar-refractivity contribution in [3.05, 3.63) is 10.7 Å². The van der Waals surface area contributed by atoms with Crippen LogP contribution in [0.5, 0.6) is 0 Å². The Balaban J connectivity index is 2.82. The van der Waals surface area contributed by atoms with Gasteiger partial charge in [0.15, 0.2) is 12.4 Å². The van der Waals surface area contributed by atoms with E-state index in [1.165, 1.54) is 6.34 Å². The van der Waals surface area contributed by atoms with Crippen molar-refractivity contribution >= 4 is 28.5 Å². The first-order chi connectivity index (χ1) is 3.39. The van der Waals surface area contributed by atoms with Gasteiger partial charge in [0, 0.05) is 0 Å². The summed E-state index contributed by atoms with van der Waals surface area (Å²) in [5.41, 5.74) is 0. The first-order valence-corrected chi connectivity index (χ1v) is 2.59. The zero-order chi connectivity index (χ0) is 5.11.